The summed E-state index contributed by atoms with van der Waals surface area (Å²) < 4.78 is 0. The van der Waals surface area contributed by atoms with Gasteiger partial charge in [-0.3, -0.25) is 14.9 Å². The highest BCUT2D eigenvalue weighted by Crippen LogP contribution is 1.70. The number of nitrogens with one attached hydrogen (secondary N) is 5. The maximum atomic E-state index is 11.1. The molecule has 1 fully saturated rings. The summed E-state index contributed by atoms with van der Waals surface area (Å²) in [5, 5.41) is 14.2. The molecule has 0 unspecified atom stereocenters. The Labute approximate surface area is 88.4 Å². The van der Waals surface area contributed by atoms with E-state index in [4.69, 9.17) is 0 Å². The molecule has 2 amide bonds. The second-order valence-corrected chi connectivity index (χ2v) is 3.12. The lowest BCUT2D eigenvalue weighted by Crippen LogP contribution is -2.43. The first-order valence-electron chi connectivity index (χ1n) is 4.99. The summed E-state index contributed by atoms with van der Waals surface area (Å²) in [7, 11) is 0. The molecule has 0 aromatic rings. The van der Waals surface area contributed by atoms with Gasteiger partial charge in [-0.15, -0.1) is 0 Å². The van der Waals surface area contributed by atoms with Gasteiger partial charge in [-0.05, 0) is 0 Å². The Morgan fingerprint density at radius 3 is 1.60 bits per heavy atom. The van der Waals surface area contributed by atoms with Gasteiger partial charge in [-0.2, -0.15) is 0 Å². The number of rotatable bonds is 0. The molecule has 1 aliphatic rings. The lowest BCUT2D eigenvalue weighted by atomic mass is 10.5. The maximum Gasteiger partial charge on any atom is 0.309 e. The smallest absolute Gasteiger partial charge is 0.309 e. The molecule has 15 heavy (non-hydrogen) atoms. The summed E-state index contributed by atoms with van der Waals surface area (Å²) >= 11 is 0. The molecule has 0 radical (unpaired) electrons. The number of hydrogen-bond donors (Lipinski definition) is 5. The van der Waals surface area contributed by atoms with Crippen LogP contribution in [0, 0.1) is 0 Å². The van der Waals surface area contributed by atoms with Gasteiger partial charge in [0.15, 0.2) is 0 Å². The fraction of sp³-hybridized carbons (Fsp3) is 0.750. The van der Waals surface area contributed by atoms with E-state index in [1.807, 2.05) is 0 Å². The quantitative estimate of drug-likeness (QED) is 0.276. The van der Waals surface area contributed by atoms with Crippen molar-refractivity contribution in [3.63, 3.8) is 0 Å². The van der Waals surface area contributed by atoms with Crippen molar-refractivity contribution in [2.45, 2.75) is 0 Å². The molecule has 86 valence electrons. The minimum absolute atomic E-state index is 0.446. The molecule has 5 N–H and O–H groups in total. The van der Waals surface area contributed by atoms with E-state index in [0.717, 1.165) is 0 Å². The number of hydrogen-bond acceptors (Lipinski definition) is 5. The van der Waals surface area contributed by atoms with Crippen molar-refractivity contribution in [1.82, 2.24) is 26.6 Å². The fourth-order valence-electron chi connectivity index (χ4n) is 1.11. The summed E-state index contributed by atoms with van der Waals surface area (Å²) in [5.41, 5.74) is 0. The third kappa shape index (κ3) is 5.31. The topological polar surface area (TPSA) is 94.3 Å². The van der Waals surface area contributed by atoms with Crippen molar-refractivity contribution in [2.24, 2.45) is 0 Å². The predicted molar refractivity (Wildman–Crippen MR) is 54.9 cm³/mol. The molecule has 0 saturated carbocycles. The van der Waals surface area contributed by atoms with Gasteiger partial charge in [-0.25, -0.2) is 0 Å². The molecule has 7 heteroatoms. The van der Waals surface area contributed by atoms with Crippen LogP contribution in [0.2, 0.25) is 0 Å². The van der Waals surface area contributed by atoms with Crippen LogP contribution in [0.3, 0.4) is 0 Å². The standard InChI is InChI=1S/C8H17N5O2/c14-7-8(15)13-4-2-10-6-11-5-9-1-3-12-7/h9-11H,1-6H2,(H,12,14)(H,13,15). The van der Waals surface area contributed by atoms with Gasteiger partial charge in [0.2, 0.25) is 0 Å². The van der Waals surface area contributed by atoms with Crippen LogP contribution < -0.4 is 26.6 Å². The largest absolute Gasteiger partial charge is 0.347 e. The summed E-state index contributed by atoms with van der Waals surface area (Å²) in [5.74, 6) is -1.16. The van der Waals surface area contributed by atoms with Crippen LogP contribution in [-0.4, -0.2) is 51.3 Å². The zero-order chi connectivity index (χ0) is 10.9. The molecule has 0 bridgehead atoms. The first-order valence-corrected chi connectivity index (χ1v) is 4.99. The SMILES string of the molecule is O=C1NCCNCNCNCCNC1=O. The molecule has 1 rings (SSSR count). The molecular weight excluding hydrogens is 198 g/mol. The zero-order valence-electron chi connectivity index (χ0n) is 8.56. The number of carbonyl (C=O) groups excluding carboxylic acids is 2. The molecule has 1 saturated heterocycles. The van der Waals surface area contributed by atoms with Crippen molar-refractivity contribution in [3.05, 3.63) is 0 Å². The molecule has 0 aromatic carbocycles. The van der Waals surface area contributed by atoms with Crippen LogP contribution in [0.4, 0.5) is 0 Å². The van der Waals surface area contributed by atoms with Gasteiger partial charge in [0.1, 0.15) is 0 Å². The van der Waals surface area contributed by atoms with E-state index in [2.05, 4.69) is 26.6 Å². The molecule has 0 spiro atoms. The first-order chi connectivity index (χ1) is 7.30. The highest BCUT2D eigenvalue weighted by Gasteiger charge is 2.11. The van der Waals surface area contributed by atoms with E-state index in [0.29, 0.717) is 39.5 Å². The zero-order valence-corrected chi connectivity index (χ0v) is 8.56. The summed E-state index contributed by atoms with van der Waals surface area (Å²) in [4.78, 5) is 22.3. The Kier molecular flexibility index (Phi) is 5.67. The minimum Gasteiger partial charge on any atom is -0.347 e. The highest BCUT2D eigenvalue weighted by molar-refractivity contribution is 6.35. The van der Waals surface area contributed by atoms with E-state index in [1.165, 1.54) is 0 Å². The lowest BCUT2D eigenvalue weighted by molar-refractivity contribution is -0.139. The summed E-state index contributed by atoms with van der Waals surface area (Å²) in [6.07, 6.45) is 0. The minimum atomic E-state index is -0.580. The van der Waals surface area contributed by atoms with Crippen LogP contribution in [0.5, 0.6) is 0 Å². The second-order valence-electron chi connectivity index (χ2n) is 3.12. The monoisotopic (exact) mass is 215 g/mol. The Balaban J connectivity index is 2.30. The molecule has 1 heterocycles. The molecule has 0 atom stereocenters. The van der Waals surface area contributed by atoms with Gasteiger partial charge in [0.25, 0.3) is 0 Å². The normalized spacial score (nSPS) is 21.6. The van der Waals surface area contributed by atoms with E-state index in [1.54, 1.807) is 0 Å². The molecular formula is C8H17N5O2. The molecule has 1 aliphatic heterocycles. The average Bonchev–Trinajstić information content (AvgIpc) is 2.25. The van der Waals surface area contributed by atoms with Crippen LogP contribution >= 0.6 is 0 Å². The van der Waals surface area contributed by atoms with E-state index in [-0.39, 0.29) is 0 Å². The number of carbonyl (C=O) groups is 2. The van der Waals surface area contributed by atoms with Gasteiger partial charge < -0.3 is 21.3 Å². The maximum absolute atomic E-state index is 11.1. The first kappa shape index (κ1) is 11.9. The highest BCUT2D eigenvalue weighted by atomic mass is 16.2. The van der Waals surface area contributed by atoms with Crippen LogP contribution in [-0.2, 0) is 9.59 Å². The summed E-state index contributed by atoms with van der Waals surface area (Å²) in [6, 6.07) is 0. The number of amides is 2. The van der Waals surface area contributed by atoms with Crippen molar-refractivity contribution in [3.8, 4) is 0 Å². The van der Waals surface area contributed by atoms with E-state index in [9.17, 15) is 9.59 Å². The Morgan fingerprint density at radius 1 is 0.667 bits per heavy atom. The van der Waals surface area contributed by atoms with Crippen LogP contribution in [0.25, 0.3) is 0 Å². The van der Waals surface area contributed by atoms with Crippen LogP contribution in [0.1, 0.15) is 0 Å². The third-order valence-corrected chi connectivity index (χ3v) is 1.88. The third-order valence-electron chi connectivity index (χ3n) is 1.88. The fourth-order valence-corrected chi connectivity index (χ4v) is 1.11. The van der Waals surface area contributed by atoms with Gasteiger partial charge in [0.05, 0.1) is 0 Å². The van der Waals surface area contributed by atoms with Gasteiger partial charge in [0, 0.05) is 39.5 Å². The lowest BCUT2D eigenvalue weighted by Gasteiger charge is -2.06. The summed E-state index contributed by atoms with van der Waals surface area (Å²) in [6.45, 7) is 3.50. The van der Waals surface area contributed by atoms with Crippen molar-refractivity contribution >= 4 is 11.8 Å². The van der Waals surface area contributed by atoms with E-state index < -0.39 is 11.8 Å². The predicted octanol–water partition coefficient (Wildman–Crippen LogP) is -3.08. The van der Waals surface area contributed by atoms with Crippen molar-refractivity contribution in [2.75, 3.05) is 39.5 Å². The van der Waals surface area contributed by atoms with Crippen molar-refractivity contribution in [1.29, 1.82) is 0 Å². The Hall–Kier alpha value is -1.18. The average molecular weight is 215 g/mol. The van der Waals surface area contributed by atoms with Crippen LogP contribution in [0.15, 0.2) is 0 Å². The van der Waals surface area contributed by atoms with Gasteiger partial charge in [-0.1, -0.05) is 0 Å². The Morgan fingerprint density at radius 2 is 1.13 bits per heavy atom. The van der Waals surface area contributed by atoms with Gasteiger partial charge >= 0.3 is 11.8 Å². The molecule has 7 nitrogen and oxygen atoms in total. The van der Waals surface area contributed by atoms with E-state index >= 15 is 0 Å². The Bertz CT molecular complexity index is 199. The molecule has 0 aliphatic carbocycles. The second kappa shape index (κ2) is 7.16. The van der Waals surface area contributed by atoms with Crippen molar-refractivity contribution < 1.29 is 9.59 Å². The molecule has 0 aromatic heterocycles.